The summed E-state index contributed by atoms with van der Waals surface area (Å²) in [5.41, 5.74) is 0.141. The van der Waals surface area contributed by atoms with E-state index in [1.165, 1.54) is 11.1 Å². The third-order valence-corrected chi connectivity index (χ3v) is 4.88. The SMILES string of the molecule is CN(C(=O)c1cnn(-c2ccccc2)c1)C1(C(=O)O)CCCCC1. The molecule has 3 rings (SSSR count). The van der Waals surface area contributed by atoms with Gasteiger partial charge in [-0.1, -0.05) is 37.5 Å². The summed E-state index contributed by atoms with van der Waals surface area (Å²) in [5, 5.41) is 13.9. The molecule has 0 radical (unpaired) electrons. The lowest BCUT2D eigenvalue weighted by Crippen LogP contribution is -2.56. The van der Waals surface area contributed by atoms with Crippen molar-refractivity contribution >= 4 is 11.9 Å². The van der Waals surface area contributed by atoms with Crippen molar-refractivity contribution in [3.63, 3.8) is 0 Å². The van der Waals surface area contributed by atoms with Crippen molar-refractivity contribution in [3.05, 3.63) is 48.3 Å². The number of amides is 1. The second kappa shape index (κ2) is 6.47. The fourth-order valence-electron chi connectivity index (χ4n) is 3.37. The first-order valence-corrected chi connectivity index (χ1v) is 8.16. The van der Waals surface area contributed by atoms with Gasteiger partial charge in [-0.15, -0.1) is 0 Å². The number of hydrogen-bond donors (Lipinski definition) is 1. The highest BCUT2D eigenvalue weighted by molar-refractivity contribution is 5.97. The van der Waals surface area contributed by atoms with Crippen LogP contribution in [0.15, 0.2) is 42.7 Å². The summed E-state index contributed by atoms with van der Waals surface area (Å²) in [4.78, 5) is 26.1. The van der Waals surface area contributed by atoms with Gasteiger partial charge in [-0.2, -0.15) is 5.10 Å². The molecule has 0 unspecified atom stereocenters. The Morgan fingerprint density at radius 1 is 1.17 bits per heavy atom. The number of rotatable bonds is 4. The Bertz CT molecular complexity index is 733. The number of carbonyl (C=O) groups is 2. The first-order chi connectivity index (χ1) is 11.5. The molecule has 1 N–H and O–H groups in total. The van der Waals surface area contributed by atoms with Crippen LogP contribution in [0.3, 0.4) is 0 Å². The van der Waals surface area contributed by atoms with E-state index in [1.54, 1.807) is 17.9 Å². The fourth-order valence-corrected chi connectivity index (χ4v) is 3.37. The number of aliphatic carboxylic acids is 1. The average molecular weight is 327 g/mol. The Morgan fingerprint density at radius 2 is 1.83 bits per heavy atom. The van der Waals surface area contributed by atoms with Gasteiger partial charge in [0.25, 0.3) is 5.91 Å². The monoisotopic (exact) mass is 327 g/mol. The lowest BCUT2D eigenvalue weighted by atomic mass is 9.80. The van der Waals surface area contributed by atoms with Crippen molar-refractivity contribution in [2.45, 2.75) is 37.6 Å². The fraction of sp³-hybridized carbons (Fsp3) is 0.389. The van der Waals surface area contributed by atoms with Crippen LogP contribution in [0, 0.1) is 0 Å². The van der Waals surface area contributed by atoms with Crippen molar-refractivity contribution in [2.24, 2.45) is 0 Å². The van der Waals surface area contributed by atoms with Gasteiger partial charge in [-0.25, -0.2) is 9.48 Å². The molecule has 0 aliphatic heterocycles. The quantitative estimate of drug-likeness (QED) is 0.937. The molecule has 126 valence electrons. The van der Waals surface area contributed by atoms with Gasteiger partial charge >= 0.3 is 5.97 Å². The standard InChI is InChI=1S/C18H21N3O3/c1-20(18(17(23)24)10-6-3-7-11-18)16(22)14-12-19-21(13-14)15-8-4-2-5-9-15/h2,4-5,8-9,12-13H,3,6-7,10-11H2,1H3,(H,23,24). The van der Waals surface area contributed by atoms with Crippen molar-refractivity contribution < 1.29 is 14.7 Å². The van der Waals surface area contributed by atoms with Gasteiger partial charge in [0.15, 0.2) is 0 Å². The maximum atomic E-state index is 12.8. The number of para-hydroxylation sites is 1. The third kappa shape index (κ3) is 2.79. The third-order valence-electron chi connectivity index (χ3n) is 4.88. The van der Waals surface area contributed by atoms with Crippen LogP contribution in [-0.4, -0.2) is 44.3 Å². The number of likely N-dealkylation sites (N-methyl/N-ethyl adjacent to an activating group) is 1. The van der Waals surface area contributed by atoms with Crippen molar-refractivity contribution in [1.29, 1.82) is 0 Å². The Balaban J connectivity index is 1.86. The van der Waals surface area contributed by atoms with Gasteiger partial charge in [0.2, 0.25) is 0 Å². The number of nitrogens with zero attached hydrogens (tertiary/aromatic N) is 3. The summed E-state index contributed by atoms with van der Waals surface area (Å²) >= 11 is 0. The minimum atomic E-state index is -1.11. The van der Waals surface area contributed by atoms with Crippen LogP contribution in [0.1, 0.15) is 42.5 Å². The van der Waals surface area contributed by atoms with Crippen LogP contribution >= 0.6 is 0 Å². The highest BCUT2D eigenvalue weighted by Gasteiger charge is 2.45. The molecule has 1 amide bonds. The smallest absolute Gasteiger partial charge is 0.329 e. The minimum absolute atomic E-state index is 0.304. The zero-order chi connectivity index (χ0) is 17.2. The number of carboxylic acid groups (broad SMARTS) is 1. The number of benzene rings is 1. The molecule has 2 aromatic rings. The zero-order valence-corrected chi connectivity index (χ0v) is 13.7. The summed E-state index contributed by atoms with van der Waals surface area (Å²) in [6.07, 6.45) is 6.80. The molecule has 6 heteroatoms. The molecule has 1 aliphatic carbocycles. The van der Waals surface area contributed by atoms with Crippen LogP contribution < -0.4 is 0 Å². The molecule has 1 heterocycles. The van der Waals surface area contributed by atoms with E-state index in [0.29, 0.717) is 18.4 Å². The Morgan fingerprint density at radius 3 is 2.46 bits per heavy atom. The maximum absolute atomic E-state index is 12.8. The number of carboxylic acids is 1. The molecule has 0 saturated heterocycles. The molecule has 0 spiro atoms. The Kier molecular flexibility index (Phi) is 4.38. The van der Waals surface area contributed by atoms with Gasteiger partial charge in [-0.05, 0) is 25.0 Å². The molecule has 0 atom stereocenters. The largest absolute Gasteiger partial charge is 0.479 e. The summed E-state index contributed by atoms with van der Waals surface area (Å²) in [7, 11) is 1.58. The lowest BCUT2D eigenvalue weighted by Gasteiger charge is -2.40. The van der Waals surface area contributed by atoms with Crippen molar-refractivity contribution in [2.75, 3.05) is 7.05 Å². The number of hydrogen-bond acceptors (Lipinski definition) is 3. The summed E-state index contributed by atoms with van der Waals surface area (Å²) < 4.78 is 1.62. The van der Waals surface area contributed by atoms with Crippen LogP contribution in [0.4, 0.5) is 0 Å². The predicted molar refractivity (Wildman–Crippen MR) is 89.1 cm³/mol. The first-order valence-electron chi connectivity index (χ1n) is 8.16. The summed E-state index contributed by atoms with van der Waals surface area (Å²) in [6, 6.07) is 9.49. The van der Waals surface area contributed by atoms with Crippen LogP contribution in [0.25, 0.3) is 5.69 Å². The van der Waals surface area contributed by atoms with Gasteiger partial charge < -0.3 is 10.0 Å². The van der Waals surface area contributed by atoms with Gasteiger partial charge in [0.1, 0.15) is 5.54 Å². The van der Waals surface area contributed by atoms with Gasteiger partial charge in [-0.3, -0.25) is 4.79 Å². The van der Waals surface area contributed by atoms with E-state index in [-0.39, 0.29) is 5.91 Å². The van der Waals surface area contributed by atoms with Crippen molar-refractivity contribution in [1.82, 2.24) is 14.7 Å². The average Bonchev–Trinajstić information content (AvgIpc) is 3.12. The molecule has 1 aromatic carbocycles. The summed E-state index contributed by atoms with van der Waals surface area (Å²) in [6.45, 7) is 0. The van der Waals surface area contributed by atoms with E-state index in [9.17, 15) is 14.7 Å². The normalized spacial score (nSPS) is 16.5. The molecule has 0 bridgehead atoms. The highest BCUT2D eigenvalue weighted by Crippen LogP contribution is 2.34. The summed E-state index contributed by atoms with van der Waals surface area (Å²) in [5.74, 6) is -1.23. The molecular formula is C18H21N3O3. The second-order valence-corrected chi connectivity index (χ2v) is 6.27. The number of aromatic nitrogens is 2. The molecular weight excluding hydrogens is 306 g/mol. The van der Waals surface area contributed by atoms with E-state index in [0.717, 1.165) is 24.9 Å². The Hall–Kier alpha value is -2.63. The number of carbonyl (C=O) groups excluding carboxylic acids is 1. The van der Waals surface area contributed by atoms with Gasteiger partial charge in [0, 0.05) is 13.2 Å². The van der Waals surface area contributed by atoms with E-state index in [1.807, 2.05) is 30.3 Å². The van der Waals surface area contributed by atoms with Crippen molar-refractivity contribution in [3.8, 4) is 5.69 Å². The molecule has 1 aliphatic rings. The van der Waals surface area contributed by atoms with E-state index < -0.39 is 11.5 Å². The highest BCUT2D eigenvalue weighted by atomic mass is 16.4. The molecule has 1 aromatic heterocycles. The van der Waals surface area contributed by atoms with E-state index >= 15 is 0 Å². The van der Waals surface area contributed by atoms with E-state index in [4.69, 9.17) is 0 Å². The molecule has 24 heavy (non-hydrogen) atoms. The first kappa shape index (κ1) is 16.2. The van der Waals surface area contributed by atoms with Gasteiger partial charge in [0.05, 0.1) is 17.4 Å². The maximum Gasteiger partial charge on any atom is 0.329 e. The lowest BCUT2D eigenvalue weighted by molar-refractivity contribution is -0.151. The Labute approximate surface area is 140 Å². The van der Waals surface area contributed by atoms with E-state index in [2.05, 4.69) is 5.10 Å². The minimum Gasteiger partial charge on any atom is -0.479 e. The van der Waals surface area contributed by atoms with Crippen LogP contribution in [0.2, 0.25) is 0 Å². The van der Waals surface area contributed by atoms with Crippen LogP contribution in [-0.2, 0) is 4.79 Å². The molecule has 1 saturated carbocycles. The molecule has 6 nitrogen and oxygen atoms in total. The second-order valence-electron chi connectivity index (χ2n) is 6.27. The van der Waals surface area contributed by atoms with Crippen LogP contribution in [0.5, 0.6) is 0 Å². The predicted octanol–water partition coefficient (Wildman–Crippen LogP) is 2.73. The zero-order valence-electron chi connectivity index (χ0n) is 13.7. The molecule has 1 fully saturated rings. The topological polar surface area (TPSA) is 75.4 Å².